The predicted octanol–water partition coefficient (Wildman–Crippen LogP) is 1.73. The first-order valence-electron chi connectivity index (χ1n) is 4.14. The molecule has 1 heterocycles. The van der Waals surface area contributed by atoms with Crippen LogP contribution in [0.5, 0.6) is 0 Å². The van der Waals surface area contributed by atoms with E-state index in [1.54, 1.807) is 6.26 Å². The smallest absolute Gasteiger partial charge is 0.0937 e. The van der Waals surface area contributed by atoms with Gasteiger partial charge in [0.05, 0.1) is 12.5 Å². The van der Waals surface area contributed by atoms with Crippen LogP contribution in [0.1, 0.15) is 24.3 Å². The SMILES string of the molecule is NCC1CCC1c1ccoc1. The van der Waals surface area contributed by atoms with E-state index in [1.165, 1.54) is 18.4 Å². The fourth-order valence-electron chi connectivity index (χ4n) is 1.78. The fraction of sp³-hybridized carbons (Fsp3) is 0.556. The summed E-state index contributed by atoms with van der Waals surface area (Å²) in [5, 5.41) is 0. The summed E-state index contributed by atoms with van der Waals surface area (Å²) >= 11 is 0. The Kier molecular flexibility index (Phi) is 1.70. The molecule has 0 aromatic carbocycles. The molecule has 1 aromatic rings. The van der Waals surface area contributed by atoms with Crippen molar-refractivity contribution < 1.29 is 4.42 Å². The van der Waals surface area contributed by atoms with Crippen LogP contribution in [0.4, 0.5) is 0 Å². The molecule has 0 saturated heterocycles. The monoisotopic (exact) mass is 151 g/mol. The standard InChI is InChI=1S/C9H13NO/c10-5-7-1-2-9(7)8-3-4-11-6-8/h3-4,6-7,9H,1-2,5,10H2. The van der Waals surface area contributed by atoms with Crippen LogP contribution in [-0.2, 0) is 0 Å². The van der Waals surface area contributed by atoms with Crippen LogP contribution in [0, 0.1) is 5.92 Å². The summed E-state index contributed by atoms with van der Waals surface area (Å²) in [6, 6.07) is 2.05. The maximum Gasteiger partial charge on any atom is 0.0937 e. The Morgan fingerprint density at radius 3 is 2.91 bits per heavy atom. The molecule has 1 aromatic heterocycles. The number of furan rings is 1. The molecule has 2 atom stereocenters. The fourth-order valence-corrected chi connectivity index (χ4v) is 1.78. The topological polar surface area (TPSA) is 39.2 Å². The average molecular weight is 151 g/mol. The Morgan fingerprint density at radius 1 is 1.55 bits per heavy atom. The second-order valence-electron chi connectivity index (χ2n) is 3.24. The lowest BCUT2D eigenvalue weighted by atomic mass is 9.71. The lowest BCUT2D eigenvalue weighted by Crippen LogP contribution is -2.30. The number of nitrogens with two attached hydrogens (primary N) is 1. The maximum atomic E-state index is 5.60. The molecule has 0 aliphatic heterocycles. The van der Waals surface area contributed by atoms with Gasteiger partial charge in [0.15, 0.2) is 0 Å². The Hall–Kier alpha value is -0.760. The predicted molar refractivity (Wildman–Crippen MR) is 43.2 cm³/mol. The highest BCUT2D eigenvalue weighted by atomic mass is 16.3. The van der Waals surface area contributed by atoms with Gasteiger partial charge >= 0.3 is 0 Å². The van der Waals surface area contributed by atoms with Crippen molar-refractivity contribution in [2.75, 3.05) is 6.54 Å². The minimum absolute atomic E-state index is 0.679. The second-order valence-corrected chi connectivity index (χ2v) is 3.24. The molecule has 1 aliphatic carbocycles. The van der Waals surface area contributed by atoms with Gasteiger partial charge in [-0.15, -0.1) is 0 Å². The maximum absolute atomic E-state index is 5.60. The van der Waals surface area contributed by atoms with E-state index in [0.29, 0.717) is 11.8 Å². The van der Waals surface area contributed by atoms with Gasteiger partial charge in [0.1, 0.15) is 0 Å². The van der Waals surface area contributed by atoms with Gasteiger partial charge in [-0.1, -0.05) is 0 Å². The van der Waals surface area contributed by atoms with Gasteiger partial charge in [0, 0.05) is 0 Å². The van der Waals surface area contributed by atoms with Gasteiger partial charge in [-0.3, -0.25) is 0 Å². The van der Waals surface area contributed by atoms with Crippen molar-refractivity contribution in [1.82, 2.24) is 0 Å². The molecular formula is C9H13NO. The van der Waals surface area contributed by atoms with E-state index >= 15 is 0 Å². The molecule has 2 rings (SSSR count). The van der Waals surface area contributed by atoms with E-state index in [0.717, 1.165) is 6.54 Å². The lowest BCUT2D eigenvalue weighted by Gasteiger charge is -2.35. The third kappa shape index (κ3) is 1.07. The number of hydrogen-bond acceptors (Lipinski definition) is 2. The van der Waals surface area contributed by atoms with Crippen molar-refractivity contribution >= 4 is 0 Å². The van der Waals surface area contributed by atoms with Gasteiger partial charge in [-0.25, -0.2) is 0 Å². The van der Waals surface area contributed by atoms with Crippen LogP contribution in [0.25, 0.3) is 0 Å². The zero-order chi connectivity index (χ0) is 7.68. The second kappa shape index (κ2) is 2.70. The number of hydrogen-bond donors (Lipinski definition) is 1. The zero-order valence-corrected chi connectivity index (χ0v) is 6.49. The molecule has 1 aliphatic rings. The van der Waals surface area contributed by atoms with Crippen LogP contribution in [0.3, 0.4) is 0 Å². The Morgan fingerprint density at radius 2 is 2.45 bits per heavy atom. The molecule has 1 saturated carbocycles. The van der Waals surface area contributed by atoms with Crippen LogP contribution in [0.15, 0.2) is 23.0 Å². The summed E-state index contributed by atoms with van der Waals surface area (Å²) in [5.41, 5.74) is 6.93. The summed E-state index contributed by atoms with van der Waals surface area (Å²) in [7, 11) is 0. The van der Waals surface area contributed by atoms with E-state index in [9.17, 15) is 0 Å². The van der Waals surface area contributed by atoms with E-state index in [-0.39, 0.29) is 0 Å². The van der Waals surface area contributed by atoms with Crippen molar-refractivity contribution in [2.24, 2.45) is 11.7 Å². The van der Waals surface area contributed by atoms with Crippen molar-refractivity contribution in [3.05, 3.63) is 24.2 Å². The average Bonchev–Trinajstić information content (AvgIpc) is 2.39. The Labute approximate surface area is 66.4 Å². The van der Waals surface area contributed by atoms with Crippen molar-refractivity contribution in [3.8, 4) is 0 Å². The quantitative estimate of drug-likeness (QED) is 0.699. The summed E-state index contributed by atoms with van der Waals surface area (Å²) in [5.74, 6) is 1.38. The summed E-state index contributed by atoms with van der Waals surface area (Å²) < 4.78 is 5.02. The Bertz CT molecular complexity index is 215. The lowest BCUT2D eigenvalue weighted by molar-refractivity contribution is 0.262. The van der Waals surface area contributed by atoms with Crippen molar-refractivity contribution in [1.29, 1.82) is 0 Å². The normalized spacial score (nSPS) is 29.9. The molecule has 0 bridgehead atoms. The number of rotatable bonds is 2. The molecule has 0 radical (unpaired) electrons. The molecule has 1 fully saturated rings. The molecule has 2 heteroatoms. The molecule has 11 heavy (non-hydrogen) atoms. The molecule has 2 N–H and O–H groups in total. The molecule has 60 valence electrons. The molecule has 0 spiro atoms. The van der Waals surface area contributed by atoms with Crippen LogP contribution < -0.4 is 5.73 Å². The highest BCUT2D eigenvalue weighted by molar-refractivity contribution is 5.17. The molecular weight excluding hydrogens is 138 g/mol. The summed E-state index contributed by atoms with van der Waals surface area (Å²) in [6.07, 6.45) is 6.14. The highest BCUT2D eigenvalue weighted by Gasteiger charge is 2.31. The third-order valence-electron chi connectivity index (χ3n) is 2.69. The van der Waals surface area contributed by atoms with Crippen LogP contribution in [0.2, 0.25) is 0 Å². The first kappa shape index (κ1) is 6.92. The Balaban J connectivity index is 2.07. The first-order chi connectivity index (χ1) is 5.42. The van der Waals surface area contributed by atoms with Crippen LogP contribution >= 0.6 is 0 Å². The molecule has 2 unspecified atom stereocenters. The third-order valence-corrected chi connectivity index (χ3v) is 2.69. The van der Waals surface area contributed by atoms with Crippen LogP contribution in [-0.4, -0.2) is 6.54 Å². The largest absolute Gasteiger partial charge is 0.472 e. The van der Waals surface area contributed by atoms with E-state index in [2.05, 4.69) is 0 Å². The zero-order valence-electron chi connectivity index (χ0n) is 6.49. The van der Waals surface area contributed by atoms with Crippen molar-refractivity contribution in [3.63, 3.8) is 0 Å². The van der Waals surface area contributed by atoms with Gasteiger partial charge < -0.3 is 10.2 Å². The van der Waals surface area contributed by atoms with Gasteiger partial charge in [-0.2, -0.15) is 0 Å². The first-order valence-corrected chi connectivity index (χ1v) is 4.14. The van der Waals surface area contributed by atoms with Crippen molar-refractivity contribution in [2.45, 2.75) is 18.8 Å². The highest BCUT2D eigenvalue weighted by Crippen LogP contribution is 2.41. The van der Waals surface area contributed by atoms with E-state index < -0.39 is 0 Å². The van der Waals surface area contributed by atoms with E-state index in [4.69, 9.17) is 10.2 Å². The minimum Gasteiger partial charge on any atom is -0.472 e. The van der Waals surface area contributed by atoms with Gasteiger partial charge in [0.25, 0.3) is 0 Å². The summed E-state index contributed by atoms with van der Waals surface area (Å²) in [4.78, 5) is 0. The molecule has 2 nitrogen and oxygen atoms in total. The minimum atomic E-state index is 0.679. The van der Waals surface area contributed by atoms with Gasteiger partial charge in [0.2, 0.25) is 0 Å². The molecule has 0 amide bonds. The van der Waals surface area contributed by atoms with E-state index in [1.807, 2.05) is 12.3 Å². The van der Waals surface area contributed by atoms with Gasteiger partial charge in [-0.05, 0) is 42.9 Å². The summed E-state index contributed by atoms with van der Waals surface area (Å²) in [6.45, 7) is 0.815.